The van der Waals surface area contributed by atoms with Crippen molar-refractivity contribution < 1.29 is 9.59 Å². The zero-order chi connectivity index (χ0) is 21.5. The van der Waals surface area contributed by atoms with Crippen molar-refractivity contribution in [3.8, 4) is 0 Å². The molecule has 3 rings (SSSR count). The molecule has 3 saturated heterocycles. The Hall–Kier alpha value is -1.10. The van der Waals surface area contributed by atoms with E-state index in [0.717, 1.165) is 77.6 Å². The summed E-state index contributed by atoms with van der Waals surface area (Å²) in [5.41, 5.74) is 0. The quantitative estimate of drug-likeness (QED) is 0.320. The molecule has 2 unspecified atom stereocenters. The minimum atomic E-state index is -0.0511. The Labute approximate surface area is 204 Å². The summed E-state index contributed by atoms with van der Waals surface area (Å²) in [6.45, 7) is 11.9. The molecule has 1 N–H and O–H groups in total. The van der Waals surface area contributed by atoms with Gasteiger partial charge in [0.25, 0.3) is 0 Å². The summed E-state index contributed by atoms with van der Waals surface area (Å²) < 4.78 is 0. The van der Waals surface area contributed by atoms with Gasteiger partial charge in [-0.15, -0.1) is 24.0 Å². The van der Waals surface area contributed by atoms with Gasteiger partial charge >= 0.3 is 0 Å². The fourth-order valence-corrected chi connectivity index (χ4v) is 4.87. The number of hydrogen-bond donors (Lipinski definition) is 1. The predicted molar refractivity (Wildman–Crippen MR) is 135 cm³/mol. The van der Waals surface area contributed by atoms with E-state index in [2.05, 4.69) is 27.0 Å². The Morgan fingerprint density at radius 3 is 2.23 bits per heavy atom. The number of rotatable bonds is 5. The Balaban J connectivity index is 0.00000341. The third-order valence-corrected chi connectivity index (χ3v) is 6.78. The van der Waals surface area contributed by atoms with Crippen molar-refractivity contribution in [2.75, 3.05) is 66.0 Å². The van der Waals surface area contributed by atoms with Crippen molar-refractivity contribution >= 4 is 41.8 Å². The molecule has 2 atom stereocenters. The third-order valence-electron chi connectivity index (χ3n) is 6.78. The van der Waals surface area contributed by atoms with Crippen LogP contribution in [0.3, 0.4) is 0 Å². The molecule has 3 fully saturated rings. The summed E-state index contributed by atoms with van der Waals surface area (Å²) in [6, 6.07) is -0.0511. The molecule has 178 valence electrons. The molecule has 31 heavy (non-hydrogen) atoms. The van der Waals surface area contributed by atoms with Gasteiger partial charge in [0, 0.05) is 72.4 Å². The van der Waals surface area contributed by atoms with Gasteiger partial charge in [-0.3, -0.25) is 19.5 Å². The number of nitrogens with zero attached hydrogens (tertiary/aromatic N) is 5. The summed E-state index contributed by atoms with van der Waals surface area (Å²) in [5.74, 6) is 1.98. The van der Waals surface area contributed by atoms with Crippen molar-refractivity contribution in [2.24, 2.45) is 10.9 Å². The van der Waals surface area contributed by atoms with E-state index in [1.54, 1.807) is 7.05 Å². The molecule has 0 spiro atoms. The predicted octanol–water partition coefficient (Wildman–Crippen LogP) is 1.46. The molecule has 3 aliphatic rings. The lowest BCUT2D eigenvalue weighted by molar-refractivity contribution is -0.136. The molecule has 3 aliphatic heterocycles. The zero-order valence-corrected chi connectivity index (χ0v) is 21.8. The van der Waals surface area contributed by atoms with Gasteiger partial charge in [0.15, 0.2) is 5.96 Å². The minimum Gasteiger partial charge on any atom is -0.356 e. The second-order valence-corrected chi connectivity index (χ2v) is 9.04. The molecule has 0 bridgehead atoms. The molecule has 3 heterocycles. The minimum absolute atomic E-state index is 0. The fraction of sp³-hybridized carbons (Fsp3) is 0.864. The lowest BCUT2D eigenvalue weighted by Crippen LogP contribution is -2.57. The van der Waals surface area contributed by atoms with E-state index in [4.69, 9.17) is 0 Å². The Kier molecular flexibility index (Phi) is 10.8. The lowest BCUT2D eigenvalue weighted by Gasteiger charge is -2.39. The van der Waals surface area contributed by atoms with E-state index in [1.807, 2.05) is 16.7 Å². The summed E-state index contributed by atoms with van der Waals surface area (Å²) in [5, 5.41) is 3.37. The average Bonchev–Trinajstić information content (AvgIpc) is 3.31. The van der Waals surface area contributed by atoms with E-state index < -0.39 is 0 Å². The number of amides is 2. The average molecular weight is 549 g/mol. The highest BCUT2D eigenvalue weighted by Crippen LogP contribution is 2.16. The van der Waals surface area contributed by atoms with Crippen LogP contribution in [0.25, 0.3) is 0 Å². The molecule has 0 aromatic rings. The number of carbonyl (C=O) groups is 2. The maximum atomic E-state index is 12.7. The Morgan fingerprint density at radius 1 is 0.968 bits per heavy atom. The monoisotopic (exact) mass is 548 g/mol. The van der Waals surface area contributed by atoms with E-state index in [-0.39, 0.29) is 41.8 Å². The topological polar surface area (TPSA) is 71.5 Å². The van der Waals surface area contributed by atoms with Crippen molar-refractivity contribution in [1.29, 1.82) is 0 Å². The van der Waals surface area contributed by atoms with Gasteiger partial charge in [-0.05, 0) is 38.5 Å². The van der Waals surface area contributed by atoms with Gasteiger partial charge in [-0.1, -0.05) is 6.92 Å². The van der Waals surface area contributed by atoms with Gasteiger partial charge in [-0.2, -0.15) is 0 Å². The molecule has 0 aromatic carbocycles. The first-order chi connectivity index (χ1) is 14.5. The van der Waals surface area contributed by atoms with Crippen molar-refractivity contribution in [3.05, 3.63) is 0 Å². The van der Waals surface area contributed by atoms with E-state index in [1.165, 1.54) is 6.42 Å². The van der Waals surface area contributed by atoms with E-state index in [9.17, 15) is 9.59 Å². The van der Waals surface area contributed by atoms with Crippen LogP contribution in [0.1, 0.15) is 46.0 Å². The first-order valence-corrected chi connectivity index (χ1v) is 11.8. The maximum absolute atomic E-state index is 12.7. The molecule has 2 amide bonds. The van der Waals surface area contributed by atoms with Gasteiger partial charge in [0.1, 0.15) is 0 Å². The zero-order valence-electron chi connectivity index (χ0n) is 19.5. The van der Waals surface area contributed by atoms with Crippen molar-refractivity contribution in [3.63, 3.8) is 0 Å². The number of hydrogen-bond acceptors (Lipinski definition) is 4. The number of halogens is 1. The number of nitrogens with one attached hydrogen (secondary N) is 1. The van der Waals surface area contributed by atoms with Crippen LogP contribution in [-0.4, -0.2) is 109 Å². The van der Waals surface area contributed by atoms with E-state index >= 15 is 0 Å². The highest BCUT2D eigenvalue weighted by atomic mass is 127. The van der Waals surface area contributed by atoms with Gasteiger partial charge in [0.05, 0.1) is 6.04 Å². The van der Waals surface area contributed by atoms with Crippen LogP contribution in [0.2, 0.25) is 0 Å². The standard InChI is InChI=1S/C22H40N6O2.HI/c1-18-7-6-12-28(17-18)20(29)8-9-24-22(23-3)27-15-13-25(14-16-27)19(2)21(30)26-10-4-5-11-26;/h18-19H,4-17H2,1-3H3,(H,23,24);1H. The highest BCUT2D eigenvalue weighted by Gasteiger charge is 2.30. The second kappa shape index (κ2) is 12.8. The fourth-order valence-electron chi connectivity index (χ4n) is 4.87. The molecule has 0 aliphatic carbocycles. The smallest absolute Gasteiger partial charge is 0.239 e. The van der Waals surface area contributed by atoms with Crippen molar-refractivity contribution in [1.82, 2.24) is 24.9 Å². The summed E-state index contributed by atoms with van der Waals surface area (Å²) in [4.78, 5) is 38.1. The number of aliphatic imine (C=N–C) groups is 1. The first kappa shape index (κ1) is 26.2. The van der Waals surface area contributed by atoms with Crippen LogP contribution in [-0.2, 0) is 9.59 Å². The van der Waals surface area contributed by atoms with Crippen LogP contribution in [0, 0.1) is 5.92 Å². The molecule has 0 aromatic heterocycles. The normalized spacial score (nSPS) is 24.0. The molecular weight excluding hydrogens is 507 g/mol. The molecule has 0 radical (unpaired) electrons. The lowest BCUT2D eigenvalue weighted by atomic mass is 10.00. The van der Waals surface area contributed by atoms with Crippen LogP contribution in [0.15, 0.2) is 4.99 Å². The molecular formula is C22H41IN6O2. The number of piperidine rings is 1. The summed E-state index contributed by atoms with van der Waals surface area (Å²) in [7, 11) is 1.79. The first-order valence-electron chi connectivity index (χ1n) is 11.8. The highest BCUT2D eigenvalue weighted by molar-refractivity contribution is 14.0. The largest absolute Gasteiger partial charge is 0.356 e. The van der Waals surface area contributed by atoms with Gasteiger partial charge in [-0.25, -0.2) is 0 Å². The number of carbonyl (C=O) groups excluding carboxylic acids is 2. The molecule has 0 saturated carbocycles. The van der Waals surface area contributed by atoms with Crippen LogP contribution < -0.4 is 5.32 Å². The van der Waals surface area contributed by atoms with Gasteiger partial charge < -0.3 is 20.0 Å². The van der Waals surface area contributed by atoms with Crippen LogP contribution in [0.5, 0.6) is 0 Å². The number of piperazine rings is 1. The van der Waals surface area contributed by atoms with E-state index in [0.29, 0.717) is 18.9 Å². The van der Waals surface area contributed by atoms with Crippen LogP contribution >= 0.6 is 24.0 Å². The number of guanidine groups is 1. The summed E-state index contributed by atoms with van der Waals surface area (Å²) in [6.07, 6.45) is 5.11. The second-order valence-electron chi connectivity index (χ2n) is 9.04. The number of likely N-dealkylation sites (tertiary alicyclic amines) is 2. The molecule has 8 nitrogen and oxygen atoms in total. The summed E-state index contributed by atoms with van der Waals surface area (Å²) >= 11 is 0. The third kappa shape index (κ3) is 7.20. The SMILES string of the molecule is CN=C(NCCC(=O)N1CCCC(C)C1)N1CCN(C(C)C(=O)N2CCCC2)CC1.I. The molecule has 9 heteroatoms. The van der Waals surface area contributed by atoms with Crippen LogP contribution in [0.4, 0.5) is 0 Å². The maximum Gasteiger partial charge on any atom is 0.239 e. The Bertz CT molecular complexity index is 617. The van der Waals surface area contributed by atoms with Crippen molar-refractivity contribution in [2.45, 2.75) is 52.0 Å². The van der Waals surface area contributed by atoms with Gasteiger partial charge in [0.2, 0.25) is 11.8 Å². The Morgan fingerprint density at radius 2 is 1.61 bits per heavy atom.